The lowest BCUT2D eigenvalue weighted by Crippen LogP contribution is -2.44. The molecule has 0 bridgehead atoms. The molecule has 1 heterocycles. The summed E-state index contributed by atoms with van der Waals surface area (Å²) in [6.45, 7) is 8.13. The van der Waals surface area contributed by atoms with Gasteiger partial charge >= 0.3 is 0 Å². The van der Waals surface area contributed by atoms with Gasteiger partial charge in [-0.1, -0.05) is 29.8 Å². The van der Waals surface area contributed by atoms with Gasteiger partial charge < -0.3 is 5.32 Å². The van der Waals surface area contributed by atoms with E-state index in [1.165, 1.54) is 36.5 Å². The summed E-state index contributed by atoms with van der Waals surface area (Å²) in [5, 5.41) is 3.39. The maximum absolute atomic E-state index is 3.39. The molecule has 3 heteroatoms. The number of rotatable bonds is 5. The molecule has 0 unspecified atom stereocenters. The van der Waals surface area contributed by atoms with Crippen LogP contribution in [0.25, 0.3) is 0 Å². The molecule has 0 saturated carbocycles. The molecule has 0 aliphatic carbocycles. The Morgan fingerprint density at radius 3 is 2.88 bits per heavy atom. The lowest BCUT2D eigenvalue weighted by atomic mass is 10.2. The van der Waals surface area contributed by atoms with Gasteiger partial charge in [0.1, 0.15) is 0 Å². The van der Waals surface area contributed by atoms with E-state index in [0.717, 1.165) is 18.8 Å². The highest BCUT2D eigenvalue weighted by atomic mass is 32.2. The monoisotopic (exact) mass is 250 g/mol. The van der Waals surface area contributed by atoms with Crippen molar-refractivity contribution in [2.24, 2.45) is 0 Å². The molecule has 0 spiro atoms. The second kappa shape index (κ2) is 7.04. The highest BCUT2D eigenvalue weighted by molar-refractivity contribution is 7.98. The van der Waals surface area contributed by atoms with Crippen LogP contribution in [-0.2, 0) is 5.75 Å². The molecule has 0 atom stereocenters. The Bertz CT molecular complexity index is 335. The summed E-state index contributed by atoms with van der Waals surface area (Å²) in [6.07, 6.45) is 0. The fraction of sp³-hybridized carbons (Fsp3) is 0.571. The molecule has 17 heavy (non-hydrogen) atoms. The lowest BCUT2D eigenvalue weighted by Gasteiger charge is -2.26. The Labute approximate surface area is 109 Å². The smallest absolute Gasteiger partial charge is 0.0185 e. The summed E-state index contributed by atoms with van der Waals surface area (Å²) in [4.78, 5) is 2.56. The first-order valence-corrected chi connectivity index (χ1v) is 7.56. The van der Waals surface area contributed by atoms with Crippen molar-refractivity contribution in [1.29, 1.82) is 0 Å². The van der Waals surface area contributed by atoms with Crippen molar-refractivity contribution in [3.05, 3.63) is 35.4 Å². The van der Waals surface area contributed by atoms with Crippen molar-refractivity contribution in [3.63, 3.8) is 0 Å². The lowest BCUT2D eigenvalue weighted by molar-refractivity contribution is 0.255. The molecule has 1 aromatic rings. The third-order valence-electron chi connectivity index (χ3n) is 3.11. The van der Waals surface area contributed by atoms with Crippen LogP contribution in [0, 0.1) is 6.92 Å². The van der Waals surface area contributed by atoms with Crippen molar-refractivity contribution in [1.82, 2.24) is 10.2 Å². The average molecular weight is 250 g/mol. The van der Waals surface area contributed by atoms with Gasteiger partial charge in [-0.3, -0.25) is 4.90 Å². The minimum absolute atomic E-state index is 1.15. The van der Waals surface area contributed by atoms with E-state index in [2.05, 4.69) is 41.4 Å². The van der Waals surface area contributed by atoms with Gasteiger partial charge in [-0.2, -0.15) is 11.8 Å². The number of hydrogen-bond acceptors (Lipinski definition) is 3. The van der Waals surface area contributed by atoms with Gasteiger partial charge in [-0.25, -0.2) is 0 Å². The zero-order valence-corrected chi connectivity index (χ0v) is 11.4. The van der Waals surface area contributed by atoms with E-state index in [-0.39, 0.29) is 0 Å². The van der Waals surface area contributed by atoms with Crippen LogP contribution in [0.2, 0.25) is 0 Å². The molecule has 2 rings (SSSR count). The Morgan fingerprint density at radius 1 is 1.29 bits per heavy atom. The minimum atomic E-state index is 1.15. The molecule has 1 aromatic carbocycles. The molecule has 1 N–H and O–H groups in total. The van der Waals surface area contributed by atoms with E-state index in [0.29, 0.717) is 0 Å². The Kier molecular flexibility index (Phi) is 5.36. The van der Waals surface area contributed by atoms with Gasteiger partial charge in [-0.05, 0) is 12.5 Å². The fourth-order valence-electron chi connectivity index (χ4n) is 2.12. The third-order valence-corrected chi connectivity index (χ3v) is 4.12. The van der Waals surface area contributed by atoms with Crippen molar-refractivity contribution in [2.75, 3.05) is 38.5 Å². The topological polar surface area (TPSA) is 15.3 Å². The van der Waals surface area contributed by atoms with Crippen LogP contribution in [-0.4, -0.2) is 43.4 Å². The Balaban J connectivity index is 1.62. The second-order valence-corrected chi connectivity index (χ2v) is 5.74. The van der Waals surface area contributed by atoms with E-state index >= 15 is 0 Å². The summed E-state index contributed by atoms with van der Waals surface area (Å²) < 4.78 is 0. The van der Waals surface area contributed by atoms with Gasteiger partial charge in [0, 0.05) is 44.2 Å². The number of hydrogen-bond donors (Lipinski definition) is 1. The van der Waals surface area contributed by atoms with E-state index in [1.807, 2.05) is 11.8 Å². The SMILES string of the molecule is Cc1cccc(CSCCN2CCNCC2)c1. The molecule has 94 valence electrons. The zero-order valence-electron chi connectivity index (χ0n) is 10.6. The minimum Gasteiger partial charge on any atom is -0.314 e. The van der Waals surface area contributed by atoms with Crippen molar-refractivity contribution >= 4 is 11.8 Å². The van der Waals surface area contributed by atoms with Gasteiger partial charge in [0.15, 0.2) is 0 Å². The van der Waals surface area contributed by atoms with Crippen LogP contribution in [0.4, 0.5) is 0 Å². The summed E-state index contributed by atoms with van der Waals surface area (Å²) in [6, 6.07) is 8.83. The molecule has 0 amide bonds. The summed E-state index contributed by atoms with van der Waals surface area (Å²) in [5.74, 6) is 2.39. The maximum Gasteiger partial charge on any atom is 0.0185 e. The Hall–Kier alpha value is -0.510. The van der Waals surface area contributed by atoms with Crippen LogP contribution in [0.3, 0.4) is 0 Å². The highest BCUT2D eigenvalue weighted by Crippen LogP contribution is 2.13. The number of thioether (sulfide) groups is 1. The first-order chi connectivity index (χ1) is 8.34. The molecule has 0 radical (unpaired) electrons. The van der Waals surface area contributed by atoms with E-state index in [1.54, 1.807) is 0 Å². The predicted octanol–water partition coefficient (Wildman–Crippen LogP) is 2.13. The van der Waals surface area contributed by atoms with Gasteiger partial charge in [0.25, 0.3) is 0 Å². The third kappa shape index (κ3) is 4.70. The van der Waals surface area contributed by atoms with Crippen LogP contribution in [0.5, 0.6) is 0 Å². The number of benzene rings is 1. The van der Waals surface area contributed by atoms with Crippen molar-refractivity contribution in [3.8, 4) is 0 Å². The molecule has 0 aromatic heterocycles. The van der Waals surface area contributed by atoms with E-state index < -0.39 is 0 Å². The normalized spacial score (nSPS) is 17.2. The fourth-order valence-corrected chi connectivity index (χ4v) is 3.07. The second-order valence-electron chi connectivity index (χ2n) is 4.63. The van der Waals surface area contributed by atoms with Crippen molar-refractivity contribution < 1.29 is 0 Å². The van der Waals surface area contributed by atoms with Crippen molar-refractivity contribution in [2.45, 2.75) is 12.7 Å². The largest absolute Gasteiger partial charge is 0.314 e. The number of nitrogens with one attached hydrogen (secondary N) is 1. The van der Waals surface area contributed by atoms with Crippen LogP contribution >= 0.6 is 11.8 Å². The standard InChI is InChI=1S/C14H22N2S/c1-13-3-2-4-14(11-13)12-17-10-9-16-7-5-15-6-8-16/h2-4,11,15H,5-10,12H2,1H3. The molecular formula is C14H22N2S. The summed E-state index contributed by atoms with van der Waals surface area (Å²) in [5.41, 5.74) is 2.82. The van der Waals surface area contributed by atoms with E-state index in [4.69, 9.17) is 0 Å². The first-order valence-electron chi connectivity index (χ1n) is 6.41. The van der Waals surface area contributed by atoms with Gasteiger partial charge in [-0.15, -0.1) is 0 Å². The number of nitrogens with zero attached hydrogens (tertiary/aromatic N) is 1. The molecule has 1 fully saturated rings. The van der Waals surface area contributed by atoms with E-state index in [9.17, 15) is 0 Å². The molecule has 2 nitrogen and oxygen atoms in total. The summed E-state index contributed by atoms with van der Waals surface area (Å²) in [7, 11) is 0. The first kappa shape index (κ1) is 12.9. The van der Waals surface area contributed by atoms with Crippen LogP contribution in [0.15, 0.2) is 24.3 Å². The zero-order chi connectivity index (χ0) is 11.9. The van der Waals surface area contributed by atoms with Crippen LogP contribution in [0.1, 0.15) is 11.1 Å². The Morgan fingerprint density at radius 2 is 2.12 bits per heavy atom. The molecule has 1 saturated heterocycles. The number of aryl methyl sites for hydroxylation is 1. The van der Waals surface area contributed by atoms with Gasteiger partial charge in [0.05, 0.1) is 0 Å². The molecule has 1 aliphatic heterocycles. The summed E-state index contributed by atoms with van der Waals surface area (Å²) >= 11 is 2.05. The quantitative estimate of drug-likeness (QED) is 0.806. The number of piperazine rings is 1. The van der Waals surface area contributed by atoms with Crippen LogP contribution < -0.4 is 5.32 Å². The molecule has 1 aliphatic rings. The maximum atomic E-state index is 3.39. The van der Waals surface area contributed by atoms with Gasteiger partial charge in [0.2, 0.25) is 0 Å². The molecular weight excluding hydrogens is 228 g/mol. The highest BCUT2D eigenvalue weighted by Gasteiger charge is 2.08. The predicted molar refractivity (Wildman–Crippen MR) is 76.7 cm³/mol. The average Bonchev–Trinajstić information content (AvgIpc) is 2.36.